The predicted octanol–water partition coefficient (Wildman–Crippen LogP) is 13.1. The van der Waals surface area contributed by atoms with E-state index >= 15 is 0 Å². The number of nitrogens with one attached hydrogen (secondary N) is 1. The van der Waals surface area contributed by atoms with Crippen molar-refractivity contribution in [2.75, 3.05) is 6.61 Å². The molecule has 314 valence electrons. The van der Waals surface area contributed by atoms with Crippen LogP contribution in [-0.2, 0) is 14.3 Å². The molecule has 1 amide bonds. The molecule has 0 bridgehead atoms. The van der Waals surface area contributed by atoms with E-state index in [-0.39, 0.29) is 24.9 Å². The van der Waals surface area contributed by atoms with Gasteiger partial charge < -0.3 is 20.3 Å². The summed E-state index contributed by atoms with van der Waals surface area (Å²) in [5.41, 5.74) is 0. The van der Waals surface area contributed by atoms with Crippen LogP contribution in [0, 0.1) is 0 Å². The number of allylic oxidation sites excluding steroid dienone is 8. The zero-order valence-electron chi connectivity index (χ0n) is 35.6. The molecule has 3 atom stereocenters. The minimum Gasteiger partial charge on any atom is -0.462 e. The number of amides is 1. The van der Waals surface area contributed by atoms with E-state index in [1.54, 1.807) is 0 Å². The number of hydrogen-bond acceptors (Lipinski definition) is 5. The maximum atomic E-state index is 13.1. The molecular formula is C48H87NO5. The standard InChI is InChI=1S/C48H87NO5/c1-4-7-10-13-16-19-21-23-24-26-29-32-35-38-41-48(53)54-44(39-36-33-30-28-25-22-20-17-14-11-8-5-2)42-47(52)49-45(43-50)46(51)40-37-34-31-27-18-15-12-9-6-3/h7-8,10-11,16-17,19-20,44-46,50-51H,4-6,9,12-15,18,21-43H2,1-3H3,(H,49,52)/b10-7+,11-8+,19-16+,20-17+. The monoisotopic (exact) mass is 758 g/mol. The lowest BCUT2D eigenvalue weighted by Crippen LogP contribution is -2.46. The second-order valence-electron chi connectivity index (χ2n) is 15.4. The fourth-order valence-corrected chi connectivity index (χ4v) is 6.74. The van der Waals surface area contributed by atoms with Crippen LogP contribution in [0.25, 0.3) is 0 Å². The molecule has 0 fully saturated rings. The minimum atomic E-state index is -0.790. The van der Waals surface area contributed by atoms with Gasteiger partial charge >= 0.3 is 5.97 Å². The quantitative estimate of drug-likeness (QED) is 0.0329. The van der Waals surface area contributed by atoms with Gasteiger partial charge in [-0.3, -0.25) is 9.59 Å². The van der Waals surface area contributed by atoms with E-state index in [1.807, 2.05) is 0 Å². The molecule has 0 heterocycles. The highest BCUT2D eigenvalue weighted by Gasteiger charge is 2.24. The summed E-state index contributed by atoms with van der Waals surface area (Å²) in [5.74, 6) is -0.500. The molecule has 6 heteroatoms. The van der Waals surface area contributed by atoms with E-state index in [1.165, 1.54) is 77.0 Å². The summed E-state index contributed by atoms with van der Waals surface area (Å²) in [4.78, 5) is 26.0. The first kappa shape index (κ1) is 51.8. The van der Waals surface area contributed by atoms with Gasteiger partial charge in [-0.2, -0.15) is 0 Å². The van der Waals surface area contributed by atoms with E-state index in [0.29, 0.717) is 19.3 Å². The molecule has 6 nitrogen and oxygen atoms in total. The molecule has 54 heavy (non-hydrogen) atoms. The Kier molecular flexibility index (Phi) is 40.3. The zero-order valence-corrected chi connectivity index (χ0v) is 35.6. The number of ether oxygens (including phenoxy) is 1. The van der Waals surface area contributed by atoms with E-state index in [4.69, 9.17) is 4.74 Å². The molecule has 0 saturated heterocycles. The highest BCUT2D eigenvalue weighted by molar-refractivity contribution is 5.77. The van der Waals surface area contributed by atoms with Crippen LogP contribution in [0.3, 0.4) is 0 Å². The average Bonchev–Trinajstić information content (AvgIpc) is 3.16. The number of aliphatic hydroxyl groups is 2. The number of esters is 1. The van der Waals surface area contributed by atoms with Crippen molar-refractivity contribution in [2.45, 2.75) is 238 Å². The van der Waals surface area contributed by atoms with Crippen LogP contribution in [0.15, 0.2) is 48.6 Å². The van der Waals surface area contributed by atoms with Gasteiger partial charge in [-0.1, -0.05) is 179 Å². The Morgan fingerprint density at radius 2 is 1.00 bits per heavy atom. The van der Waals surface area contributed by atoms with Crippen LogP contribution in [0.5, 0.6) is 0 Å². The Morgan fingerprint density at radius 3 is 1.50 bits per heavy atom. The number of carbonyl (C=O) groups excluding carboxylic acids is 2. The summed E-state index contributed by atoms with van der Waals surface area (Å²) in [7, 11) is 0. The van der Waals surface area contributed by atoms with Gasteiger partial charge in [0.15, 0.2) is 0 Å². The Bertz CT molecular complexity index is 941. The van der Waals surface area contributed by atoms with Gasteiger partial charge in [0.25, 0.3) is 0 Å². The number of carbonyl (C=O) groups is 2. The van der Waals surface area contributed by atoms with Crippen molar-refractivity contribution < 1.29 is 24.5 Å². The van der Waals surface area contributed by atoms with Gasteiger partial charge in [0.1, 0.15) is 6.10 Å². The lowest BCUT2D eigenvalue weighted by atomic mass is 10.0. The van der Waals surface area contributed by atoms with Crippen molar-refractivity contribution in [1.82, 2.24) is 5.32 Å². The van der Waals surface area contributed by atoms with E-state index < -0.39 is 18.2 Å². The summed E-state index contributed by atoms with van der Waals surface area (Å²) in [6, 6.07) is -0.705. The number of rotatable bonds is 40. The Balaban J connectivity index is 4.61. The maximum absolute atomic E-state index is 13.1. The molecule has 3 unspecified atom stereocenters. The largest absolute Gasteiger partial charge is 0.462 e. The second kappa shape index (κ2) is 42.0. The van der Waals surface area contributed by atoms with Crippen molar-refractivity contribution in [1.29, 1.82) is 0 Å². The normalized spacial score (nSPS) is 13.8. The Labute approximate surface area is 334 Å². The number of unbranched alkanes of at least 4 members (excludes halogenated alkanes) is 20. The number of aliphatic hydroxyl groups excluding tert-OH is 2. The Morgan fingerprint density at radius 1 is 0.556 bits per heavy atom. The van der Waals surface area contributed by atoms with Crippen molar-refractivity contribution in [2.24, 2.45) is 0 Å². The van der Waals surface area contributed by atoms with E-state index in [2.05, 4.69) is 74.7 Å². The van der Waals surface area contributed by atoms with Crippen molar-refractivity contribution >= 4 is 11.9 Å². The first-order valence-electron chi connectivity index (χ1n) is 22.9. The lowest BCUT2D eigenvalue weighted by Gasteiger charge is -2.24. The number of hydrogen-bond donors (Lipinski definition) is 3. The molecule has 0 spiro atoms. The molecular weight excluding hydrogens is 671 g/mol. The van der Waals surface area contributed by atoms with Gasteiger partial charge in [0.2, 0.25) is 5.91 Å². The van der Waals surface area contributed by atoms with Crippen LogP contribution in [0.2, 0.25) is 0 Å². The van der Waals surface area contributed by atoms with Crippen LogP contribution < -0.4 is 5.32 Å². The van der Waals surface area contributed by atoms with Gasteiger partial charge in [0, 0.05) is 6.42 Å². The summed E-state index contributed by atoms with van der Waals surface area (Å²) >= 11 is 0. The lowest BCUT2D eigenvalue weighted by molar-refractivity contribution is -0.151. The van der Waals surface area contributed by atoms with E-state index in [0.717, 1.165) is 96.3 Å². The van der Waals surface area contributed by atoms with Gasteiger partial charge in [-0.25, -0.2) is 0 Å². The third-order valence-corrected chi connectivity index (χ3v) is 10.2. The predicted molar refractivity (Wildman–Crippen MR) is 232 cm³/mol. The highest BCUT2D eigenvalue weighted by atomic mass is 16.5. The van der Waals surface area contributed by atoms with Crippen LogP contribution in [-0.4, -0.2) is 46.9 Å². The van der Waals surface area contributed by atoms with Gasteiger partial charge in [0.05, 0.1) is 25.2 Å². The molecule has 0 aliphatic rings. The van der Waals surface area contributed by atoms with Crippen molar-refractivity contribution in [3.05, 3.63) is 48.6 Å². The SMILES string of the molecule is CC/C=C/C/C=C/CCCCCCCCCC(=O)OC(CCCCCCC/C=C/C/C=C/CC)CC(=O)NC(CO)C(O)CCCCCCCCCCC. The highest BCUT2D eigenvalue weighted by Crippen LogP contribution is 2.17. The molecule has 0 aromatic heterocycles. The van der Waals surface area contributed by atoms with Crippen LogP contribution in [0.1, 0.15) is 220 Å². The average molecular weight is 758 g/mol. The van der Waals surface area contributed by atoms with Crippen molar-refractivity contribution in [3.8, 4) is 0 Å². The molecule has 0 aliphatic carbocycles. The van der Waals surface area contributed by atoms with Crippen LogP contribution in [0.4, 0.5) is 0 Å². The van der Waals surface area contributed by atoms with Gasteiger partial charge in [-0.15, -0.1) is 0 Å². The molecule has 0 rings (SSSR count). The summed E-state index contributed by atoms with van der Waals surface area (Å²) < 4.78 is 5.89. The third kappa shape index (κ3) is 36.8. The van der Waals surface area contributed by atoms with Crippen molar-refractivity contribution in [3.63, 3.8) is 0 Å². The van der Waals surface area contributed by atoms with Crippen LogP contribution >= 0.6 is 0 Å². The fraction of sp³-hybridized carbons (Fsp3) is 0.792. The minimum absolute atomic E-state index is 0.0644. The molecule has 0 aliphatic heterocycles. The second-order valence-corrected chi connectivity index (χ2v) is 15.4. The topological polar surface area (TPSA) is 95.9 Å². The Hall–Kier alpha value is -2.18. The summed E-state index contributed by atoms with van der Waals surface area (Å²) in [5, 5.41) is 23.6. The van der Waals surface area contributed by atoms with E-state index in [9.17, 15) is 19.8 Å². The third-order valence-electron chi connectivity index (χ3n) is 10.2. The molecule has 0 aromatic carbocycles. The summed E-state index contributed by atoms with van der Waals surface area (Å²) in [6.45, 7) is 6.23. The van der Waals surface area contributed by atoms with Gasteiger partial charge in [-0.05, 0) is 77.0 Å². The molecule has 0 aromatic rings. The molecule has 0 radical (unpaired) electrons. The first-order chi connectivity index (χ1) is 26.5. The smallest absolute Gasteiger partial charge is 0.306 e. The molecule has 0 saturated carbocycles. The first-order valence-corrected chi connectivity index (χ1v) is 22.9. The fourth-order valence-electron chi connectivity index (χ4n) is 6.74. The molecule has 3 N–H and O–H groups in total. The zero-order chi connectivity index (χ0) is 39.6. The summed E-state index contributed by atoms with van der Waals surface area (Å²) in [6.07, 6.45) is 48.9. The maximum Gasteiger partial charge on any atom is 0.306 e.